The van der Waals surface area contributed by atoms with Crippen LogP contribution in [0.4, 0.5) is 10.1 Å². The van der Waals surface area contributed by atoms with Crippen molar-refractivity contribution in [3.8, 4) is 0 Å². The summed E-state index contributed by atoms with van der Waals surface area (Å²) < 4.78 is 16.1. The molecule has 4 aromatic rings. The minimum atomic E-state index is -0.244. The van der Waals surface area contributed by atoms with Crippen LogP contribution in [0.5, 0.6) is 0 Å². The molecule has 3 nitrogen and oxygen atoms in total. The van der Waals surface area contributed by atoms with Crippen LogP contribution < -0.4 is 4.90 Å². The van der Waals surface area contributed by atoms with Gasteiger partial charge in [-0.3, -0.25) is 9.69 Å². The van der Waals surface area contributed by atoms with E-state index in [1.54, 1.807) is 17.0 Å². The summed E-state index contributed by atoms with van der Waals surface area (Å²) >= 11 is 6.84. The normalized spacial score (nSPS) is 15.2. The molecule has 1 saturated heterocycles. The number of thioether (sulfide) groups is 1. The van der Waals surface area contributed by atoms with E-state index in [-0.39, 0.29) is 11.7 Å². The van der Waals surface area contributed by atoms with E-state index < -0.39 is 0 Å². The number of halogens is 1. The van der Waals surface area contributed by atoms with Crippen LogP contribution in [0.3, 0.4) is 0 Å². The Kier molecular flexibility index (Phi) is 5.87. The lowest BCUT2D eigenvalue weighted by Gasteiger charge is -2.13. The fraction of sp³-hybridized carbons (Fsp3) is 0.111. The molecule has 6 heteroatoms. The molecular weight excluding hydrogens is 451 g/mol. The van der Waals surface area contributed by atoms with E-state index in [4.69, 9.17) is 12.2 Å². The molecule has 1 amide bonds. The first-order chi connectivity index (χ1) is 16.0. The Morgan fingerprint density at radius 2 is 1.76 bits per heavy atom. The maximum atomic E-state index is 13.4. The molecule has 0 N–H and O–H groups in total. The Labute approximate surface area is 201 Å². The number of nitrogens with zero attached hydrogens (tertiary/aromatic N) is 2. The lowest BCUT2D eigenvalue weighted by atomic mass is 10.1. The highest BCUT2D eigenvalue weighted by atomic mass is 32.2. The Hall–Kier alpha value is -3.22. The van der Waals surface area contributed by atoms with Crippen LogP contribution in [0.2, 0.25) is 0 Å². The van der Waals surface area contributed by atoms with Crippen molar-refractivity contribution < 1.29 is 9.18 Å². The summed E-state index contributed by atoms with van der Waals surface area (Å²) in [5.74, 6) is -0.353. The van der Waals surface area contributed by atoms with Gasteiger partial charge in [0.2, 0.25) is 0 Å². The van der Waals surface area contributed by atoms with E-state index in [0.717, 1.165) is 34.1 Å². The van der Waals surface area contributed by atoms with E-state index in [1.807, 2.05) is 36.4 Å². The van der Waals surface area contributed by atoms with Crippen molar-refractivity contribution >= 4 is 56.9 Å². The molecule has 33 heavy (non-hydrogen) atoms. The molecule has 3 aromatic carbocycles. The van der Waals surface area contributed by atoms with Crippen LogP contribution >= 0.6 is 24.0 Å². The second kappa shape index (κ2) is 8.96. The van der Waals surface area contributed by atoms with E-state index in [1.165, 1.54) is 29.5 Å². The first kappa shape index (κ1) is 21.6. The fourth-order valence-electron chi connectivity index (χ4n) is 4.19. The first-order valence-electron chi connectivity index (χ1n) is 10.7. The molecule has 1 aromatic heterocycles. The van der Waals surface area contributed by atoms with Gasteiger partial charge in [-0.2, -0.15) is 0 Å². The van der Waals surface area contributed by atoms with Crippen molar-refractivity contribution in [2.24, 2.45) is 0 Å². The van der Waals surface area contributed by atoms with Gasteiger partial charge in [-0.1, -0.05) is 79.4 Å². The number of rotatable bonds is 5. The summed E-state index contributed by atoms with van der Waals surface area (Å²) in [5, 5.41) is 1.08. The summed E-state index contributed by atoms with van der Waals surface area (Å²) in [7, 11) is 0. The molecule has 2 heterocycles. The third-order valence-electron chi connectivity index (χ3n) is 5.75. The van der Waals surface area contributed by atoms with Gasteiger partial charge in [0.1, 0.15) is 5.82 Å². The highest BCUT2D eigenvalue weighted by molar-refractivity contribution is 8.27. The number of para-hydroxylation sites is 2. The number of carbonyl (C=O) groups excluding carboxylic acids is 1. The molecular formula is C27H21FN2OS2. The number of anilines is 1. The fourth-order valence-corrected chi connectivity index (χ4v) is 5.48. The van der Waals surface area contributed by atoms with Gasteiger partial charge in [0.05, 0.1) is 16.1 Å². The minimum absolute atomic E-state index is 0.109. The second-order valence-electron chi connectivity index (χ2n) is 7.86. The zero-order valence-corrected chi connectivity index (χ0v) is 19.6. The standard InChI is InChI=1S/C27H21FN2OS2/c1-2-19-7-6-10-23-20(17-29(25(19)23)16-18-11-13-21(28)14-12-18)15-24-26(31)30(27(32)33-24)22-8-4-3-5-9-22/h3-15,17H,2,16H2,1H3/b24-15-. The number of benzene rings is 3. The molecule has 0 atom stereocenters. The summed E-state index contributed by atoms with van der Waals surface area (Å²) in [6, 6.07) is 22.3. The molecule has 0 spiro atoms. The van der Waals surface area contributed by atoms with Crippen molar-refractivity contribution in [2.75, 3.05) is 4.90 Å². The molecule has 0 bridgehead atoms. The Balaban J connectivity index is 1.57. The van der Waals surface area contributed by atoms with Crippen molar-refractivity contribution in [3.05, 3.63) is 106 Å². The lowest BCUT2D eigenvalue weighted by molar-refractivity contribution is -0.113. The predicted molar refractivity (Wildman–Crippen MR) is 139 cm³/mol. The Bertz CT molecular complexity index is 1390. The molecule has 1 aliphatic heterocycles. The van der Waals surface area contributed by atoms with Gasteiger partial charge in [0.25, 0.3) is 5.91 Å². The third kappa shape index (κ3) is 4.12. The summed E-state index contributed by atoms with van der Waals surface area (Å²) in [6.07, 6.45) is 4.90. The number of hydrogen-bond donors (Lipinski definition) is 0. The largest absolute Gasteiger partial charge is 0.342 e. The molecule has 0 aliphatic carbocycles. The molecule has 1 fully saturated rings. The smallest absolute Gasteiger partial charge is 0.270 e. The zero-order chi connectivity index (χ0) is 22.9. The molecule has 0 radical (unpaired) electrons. The van der Waals surface area contributed by atoms with E-state index in [2.05, 4.69) is 35.9 Å². The lowest BCUT2D eigenvalue weighted by Crippen LogP contribution is -2.27. The van der Waals surface area contributed by atoms with Crippen LogP contribution in [-0.2, 0) is 17.8 Å². The average molecular weight is 473 g/mol. The summed E-state index contributed by atoms with van der Waals surface area (Å²) in [5.41, 5.74) is 5.12. The summed E-state index contributed by atoms with van der Waals surface area (Å²) in [6.45, 7) is 2.75. The van der Waals surface area contributed by atoms with Gasteiger partial charge in [0, 0.05) is 23.7 Å². The van der Waals surface area contributed by atoms with Gasteiger partial charge >= 0.3 is 0 Å². The van der Waals surface area contributed by atoms with Gasteiger partial charge in [-0.05, 0) is 47.9 Å². The topological polar surface area (TPSA) is 25.2 Å². The van der Waals surface area contributed by atoms with Crippen molar-refractivity contribution in [2.45, 2.75) is 19.9 Å². The number of fused-ring (bicyclic) bond motifs is 1. The summed E-state index contributed by atoms with van der Waals surface area (Å²) in [4.78, 5) is 15.4. The number of amides is 1. The molecule has 164 valence electrons. The number of aromatic nitrogens is 1. The third-order valence-corrected chi connectivity index (χ3v) is 7.06. The second-order valence-corrected chi connectivity index (χ2v) is 9.53. The molecule has 5 rings (SSSR count). The average Bonchev–Trinajstić information content (AvgIpc) is 3.32. The van der Waals surface area contributed by atoms with Crippen LogP contribution in [0.15, 0.2) is 83.9 Å². The SMILES string of the molecule is CCc1cccc2c(/C=C3\SC(=S)N(c4ccccc4)C3=O)cn(Cc3ccc(F)cc3)c12. The van der Waals surface area contributed by atoms with Crippen LogP contribution in [0.1, 0.15) is 23.6 Å². The molecule has 1 aliphatic rings. The van der Waals surface area contributed by atoms with Crippen LogP contribution in [0.25, 0.3) is 17.0 Å². The molecule has 0 unspecified atom stereocenters. The van der Waals surface area contributed by atoms with Crippen molar-refractivity contribution in [1.29, 1.82) is 0 Å². The van der Waals surface area contributed by atoms with Gasteiger partial charge in [-0.15, -0.1) is 0 Å². The number of carbonyl (C=O) groups is 1. The Morgan fingerprint density at radius 1 is 1.00 bits per heavy atom. The number of hydrogen-bond acceptors (Lipinski definition) is 3. The monoisotopic (exact) mass is 472 g/mol. The van der Waals surface area contributed by atoms with Gasteiger partial charge < -0.3 is 4.57 Å². The maximum Gasteiger partial charge on any atom is 0.270 e. The quantitative estimate of drug-likeness (QED) is 0.236. The van der Waals surface area contributed by atoms with Gasteiger partial charge in [0.15, 0.2) is 4.32 Å². The van der Waals surface area contributed by atoms with E-state index >= 15 is 0 Å². The molecule has 0 saturated carbocycles. The van der Waals surface area contributed by atoms with Crippen molar-refractivity contribution in [1.82, 2.24) is 4.57 Å². The van der Waals surface area contributed by atoms with Crippen molar-refractivity contribution in [3.63, 3.8) is 0 Å². The predicted octanol–water partition coefficient (Wildman–Crippen LogP) is 6.80. The van der Waals surface area contributed by atoms with Crippen LogP contribution in [-0.4, -0.2) is 14.8 Å². The first-order valence-corrected chi connectivity index (χ1v) is 12.0. The van der Waals surface area contributed by atoms with E-state index in [0.29, 0.717) is 15.8 Å². The van der Waals surface area contributed by atoms with Crippen LogP contribution in [0, 0.1) is 5.82 Å². The Morgan fingerprint density at radius 3 is 2.48 bits per heavy atom. The minimum Gasteiger partial charge on any atom is -0.342 e. The highest BCUT2D eigenvalue weighted by Crippen LogP contribution is 2.37. The maximum absolute atomic E-state index is 13.4. The highest BCUT2D eigenvalue weighted by Gasteiger charge is 2.33. The zero-order valence-electron chi connectivity index (χ0n) is 18.0. The number of aryl methyl sites for hydroxylation is 1. The van der Waals surface area contributed by atoms with Gasteiger partial charge in [-0.25, -0.2) is 4.39 Å². The number of thiocarbonyl (C=S) groups is 1. The van der Waals surface area contributed by atoms with E-state index in [9.17, 15) is 9.18 Å².